The minimum absolute atomic E-state index is 0.234. The van der Waals surface area contributed by atoms with Gasteiger partial charge in [0, 0.05) is 33.8 Å². The SMILES string of the molecule is CC1(C)CSC(=NCC2CSCCS2)N1. The van der Waals surface area contributed by atoms with Crippen molar-refractivity contribution in [1.82, 2.24) is 5.32 Å². The van der Waals surface area contributed by atoms with E-state index >= 15 is 0 Å². The first-order valence-electron chi connectivity index (χ1n) is 5.30. The molecule has 2 nitrogen and oxygen atoms in total. The van der Waals surface area contributed by atoms with Crippen molar-refractivity contribution in [3.8, 4) is 0 Å². The lowest BCUT2D eigenvalue weighted by Crippen LogP contribution is -2.37. The molecular formula is C10H18N2S3. The van der Waals surface area contributed by atoms with Crippen LogP contribution in [0.2, 0.25) is 0 Å². The van der Waals surface area contributed by atoms with Gasteiger partial charge in [-0.2, -0.15) is 23.5 Å². The summed E-state index contributed by atoms with van der Waals surface area (Å²) in [4.78, 5) is 4.68. The van der Waals surface area contributed by atoms with Crippen LogP contribution in [-0.4, -0.2) is 45.5 Å². The van der Waals surface area contributed by atoms with Gasteiger partial charge in [0.05, 0.1) is 6.54 Å². The van der Waals surface area contributed by atoms with Crippen LogP contribution in [0.3, 0.4) is 0 Å². The van der Waals surface area contributed by atoms with E-state index in [1.165, 1.54) is 17.3 Å². The molecule has 2 heterocycles. The minimum atomic E-state index is 0.234. The van der Waals surface area contributed by atoms with Crippen LogP contribution in [0.25, 0.3) is 0 Å². The van der Waals surface area contributed by atoms with Gasteiger partial charge in [-0.05, 0) is 13.8 Å². The number of thioether (sulfide) groups is 3. The zero-order chi connectivity index (χ0) is 10.7. The Morgan fingerprint density at radius 2 is 2.33 bits per heavy atom. The maximum Gasteiger partial charge on any atom is 0.157 e. The van der Waals surface area contributed by atoms with E-state index in [4.69, 9.17) is 0 Å². The van der Waals surface area contributed by atoms with Crippen LogP contribution in [0, 0.1) is 0 Å². The standard InChI is InChI=1S/C10H18N2S3/c1-10(2)7-15-9(12-10)11-5-8-6-13-3-4-14-8/h8H,3-7H2,1-2H3,(H,11,12). The van der Waals surface area contributed by atoms with E-state index in [2.05, 4.69) is 47.7 Å². The van der Waals surface area contributed by atoms with Crippen molar-refractivity contribution in [2.45, 2.75) is 24.6 Å². The highest BCUT2D eigenvalue weighted by Crippen LogP contribution is 2.26. The van der Waals surface area contributed by atoms with Crippen molar-refractivity contribution in [2.24, 2.45) is 4.99 Å². The lowest BCUT2D eigenvalue weighted by atomic mass is 10.1. The van der Waals surface area contributed by atoms with Crippen molar-refractivity contribution in [2.75, 3.05) is 29.6 Å². The second-order valence-electron chi connectivity index (χ2n) is 4.51. The molecule has 0 aromatic rings. The van der Waals surface area contributed by atoms with Gasteiger partial charge in [-0.15, -0.1) is 0 Å². The fraction of sp³-hybridized carbons (Fsp3) is 0.900. The summed E-state index contributed by atoms with van der Waals surface area (Å²) in [6.45, 7) is 5.45. The molecular weight excluding hydrogens is 244 g/mol. The van der Waals surface area contributed by atoms with E-state index in [-0.39, 0.29) is 5.54 Å². The van der Waals surface area contributed by atoms with Gasteiger partial charge in [0.15, 0.2) is 5.17 Å². The predicted molar refractivity (Wildman–Crippen MR) is 75.5 cm³/mol. The average molecular weight is 262 g/mol. The van der Waals surface area contributed by atoms with Crippen molar-refractivity contribution in [1.29, 1.82) is 0 Å². The number of hydrogen-bond acceptors (Lipinski definition) is 4. The van der Waals surface area contributed by atoms with Crippen LogP contribution in [0.5, 0.6) is 0 Å². The van der Waals surface area contributed by atoms with Crippen LogP contribution >= 0.6 is 35.3 Å². The molecule has 2 saturated heterocycles. The molecule has 1 atom stereocenters. The molecule has 0 saturated carbocycles. The quantitative estimate of drug-likeness (QED) is 0.825. The summed E-state index contributed by atoms with van der Waals surface area (Å²) in [5.74, 6) is 5.03. The molecule has 0 bridgehead atoms. The molecule has 15 heavy (non-hydrogen) atoms. The molecule has 2 rings (SSSR count). The fourth-order valence-corrected chi connectivity index (χ4v) is 5.18. The largest absolute Gasteiger partial charge is 0.359 e. The van der Waals surface area contributed by atoms with E-state index < -0.39 is 0 Å². The smallest absolute Gasteiger partial charge is 0.157 e. The molecule has 5 heteroatoms. The summed E-state index contributed by atoms with van der Waals surface area (Å²) in [6.07, 6.45) is 0. The first-order chi connectivity index (χ1) is 7.16. The maximum absolute atomic E-state index is 4.68. The number of nitrogens with zero attached hydrogens (tertiary/aromatic N) is 1. The van der Waals surface area contributed by atoms with Crippen molar-refractivity contribution >= 4 is 40.5 Å². The third kappa shape index (κ3) is 3.79. The van der Waals surface area contributed by atoms with Crippen LogP contribution in [0.4, 0.5) is 0 Å². The molecule has 0 amide bonds. The highest BCUT2D eigenvalue weighted by molar-refractivity contribution is 8.14. The lowest BCUT2D eigenvalue weighted by Gasteiger charge is -2.19. The van der Waals surface area contributed by atoms with Gasteiger partial charge in [0.2, 0.25) is 0 Å². The Kier molecular flexibility index (Phi) is 4.18. The molecule has 1 N–H and O–H groups in total. The molecule has 0 aliphatic carbocycles. The highest BCUT2D eigenvalue weighted by atomic mass is 32.2. The highest BCUT2D eigenvalue weighted by Gasteiger charge is 2.27. The van der Waals surface area contributed by atoms with Crippen LogP contribution in [-0.2, 0) is 0 Å². The van der Waals surface area contributed by atoms with Gasteiger partial charge in [0.25, 0.3) is 0 Å². The third-order valence-electron chi connectivity index (χ3n) is 2.34. The molecule has 0 spiro atoms. The predicted octanol–water partition coefficient (Wildman–Crippen LogP) is 2.31. The molecule has 2 aliphatic rings. The Bertz CT molecular complexity index is 247. The van der Waals surface area contributed by atoms with Gasteiger partial charge in [-0.25, -0.2) is 0 Å². The second-order valence-corrected chi connectivity index (χ2v) is 8.03. The first-order valence-corrected chi connectivity index (χ1v) is 8.49. The fourth-order valence-electron chi connectivity index (χ4n) is 1.52. The average Bonchev–Trinajstić information content (AvgIpc) is 2.57. The van der Waals surface area contributed by atoms with Gasteiger partial charge < -0.3 is 5.32 Å². The normalized spacial score (nSPS) is 32.9. The van der Waals surface area contributed by atoms with Gasteiger partial charge in [-0.3, -0.25) is 4.99 Å². The zero-order valence-electron chi connectivity index (χ0n) is 9.28. The molecule has 2 fully saturated rings. The Balaban J connectivity index is 1.79. The van der Waals surface area contributed by atoms with Crippen molar-refractivity contribution < 1.29 is 0 Å². The molecule has 1 unspecified atom stereocenters. The number of rotatable bonds is 2. The zero-order valence-corrected chi connectivity index (χ0v) is 11.7. The number of amidine groups is 1. The Morgan fingerprint density at radius 3 is 2.93 bits per heavy atom. The summed E-state index contributed by atoms with van der Waals surface area (Å²) >= 11 is 6.01. The van der Waals surface area contributed by atoms with Crippen LogP contribution in [0.1, 0.15) is 13.8 Å². The van der Waals surface area contributed by atoms with Gasteiger partial charge in [0.1, 0.15) is 0 Å². The number of hydrogen-bond donors (Lipinski definition) is 1. The summed E-state index contributed by atoms with van der Waals surface area (Å²) < 4.78 is 0. The molecule has 0 aromatic carbocycles. The molecule has 86 valence electrons. The summed E-state index contributed by atoms with van der Waals surface area (Å²) in [5, 5.41) is 5.35. The second kappa shape index (κ2) is 5.23. The monoisotopic (exact) mass is 262 g/mol. The van der Waals surface area contributed by atoms with E-state index in [1.54, 1.807) is 0 Å². The summed E-state index contributed by atoms with van der Waals surface area (Å²) in [6, 6.07) is 0. The first kappa shape index (κ1) is 12.0. The summed E-state index contributed by atoms with van der Waals surface area (Å²) in [7, 11) is 0. The van der Waals surface area contributed by atoms with E-state index in [9.17, 15) is 0 Å². The Labute approximate surface area is 105 Å². The van der Waals surface area contributed by atoms with Crippen molar-refractivity contribution in [3.05, 3.63) is 0 Å². The molecule has 2 aliphatic heterocycles. The number of aliphatic imine (C=N–C) groups is 1. The van der Waals surface area contributed by atoms with Crippen molar-refractivity contribution in [3.63, 3.8) is 0 Å². The van der Waals surface area contributed by atoms with Gasteiger partial charge >= 0.3 is 0 Å². The van der Waals surface area contributed by atoms with E-state index in [0.29, 0.717) is 0 Å². The topological polar surface area (TPSA) is 24.4 Å². The third-order valence-corrected chi connectivity index (χ3v) is 6.54. The van der Waals surface area contributed by atoms with E-state index in [0.717, 1.165) is 22.7 Å². The molecule has 0 aromatic heterocycles. The Hall–Kier alpha value is 0.520. The van der Waals surface area contributed by atoms with Gasteiger partial charge in [-0.1, -0.05) is 11.8 Å². The minimum Gasteiger partial charge on any atom is -0.359 e. The van der Waals surface area contributed by atoms with Crippen LogP contribution < -0.4 is 5.32 Å². The van der Waals surface area contributed by atoms with Crippen LogP contribution in [0.15, 0.2) is 4.99 Å². The van der Waals surface area contributed by atoms with E-state index in [1.807, 2.05) is 11.8 Å². The molecule has 0 radical (unpaired) electrons. The Morgan fingerprint density at radius 1 is 1.47 bits per heavy atom. The summed E-state index contributed by atoms with van der Waals surface area (Å²) in [5.41, 5.74) is 0.234. The lowest BCUT2D eigenvalue weighted by molar-refractivity contribution is 0.536. The number of nitrogens with one attached hydrogen (secondary N) is 1. The maximum atomic E-state index is 4.68.